The largest absolute Gasteiger partial charge is 0.804 e. The summed E-state index contributed by atoms with van der Waals surface area (Å²) in [5.74, 6) is -5.12. The van der Waals surface area contributed by atoms with Crippen LogP contribution in [0.1, 0.15) is 42.4 Å². The van der Waals surface area contributed by atoms with Gasteiger partial charge in [-0.1, -0.05) is 0 Å². The Labute approximate surface area is 268 Å². The first kappa shape index (κ1) is 31.5. The summed E-state index contributed by atoms with van der Waals surface area (Å²) < 4.78 is 9.81. The van der Waals surface area contributed by atoms with E-state index < -0.39 is 63.7 Å². The standard InChI is InChI=1S/C32H34N5O8S/c1-14-11-20(46-35-14)16-5-6-19(38)22-17(16)12-15-13-18-24(36-7-9-37(10-8-36)30(43)45-31(2,3)4)26(40)23(29(34)42)27(33)32(18,44)28(41)21(15)25(22)39/h5-6,11-12,18,24,38-40,44H,7-10,13H2,1-4H3,(H2,34,42)/q-1/t18-,24+,32+/m0/s1. The lowest BCUT2D eigenvalue weighted by atomic mass is 9.61. The Morgan fingerprint density at radius 1 is 1.13 bits per heavy atom. The Balaban J connectivity index is 1.46. The highest BCUT2D eigenvalue weighted by atomic mass is 32.1. The number of aromatic nitrogens is 1. The molecule has 0 unspecified atom stereocenters. The number of Topliss-reactive ketones (excluding diaryl/α,β-unsaturated/α-hetero) is 1. The molecule has 13 nitrogen and oxygen atoms in total. The van der Waals surface area contributed by atoms with Gasteiger partial charge in [-0.05, 0) is 80.9 Å². The van der Waals surface area contributed by atoms with Gasteiger partial charge < -0.3 is 41.2 Å². The molecule has 1 fully saturated rings. The molecule has 6 rings (SSSR count). The summed E-state index contributed by atoms with van der Waals surface area (Å²) in [5, 5.41) is 57.5. The summed E-state index contributed by atoms with van der Waals surface area (Å²) in [6.07, 6.45) is -0.648. The molecule has 1 saturated heterocycles. The number of nitrogens with zero attached hydrogens (tertiary/aromatic N) is 4. The minimum absolute atomic E-state index is 0.0312. The molecule has 2 heterocycles. The second-order valence-corrected chi connectivity index (χ2v) is 13.8. The van der Waals surface area contributed by atoms with Crippen LogP contribution in [0.4, 0.5) is 4.79 Å². The van der Waals surface area contributed by atoms with Crippen LogP contribution in [0.3, 0.4) is 0 Å². The number of phenolic OH excluding ortho intramolecular Hbond substituents is 2. The van der Waals surface area contributed by atoms with Crippen LogP contribution in [-0.2, 0) is 16.0 Å². The number of aryl methyl sites for hydroxylation is 1. The molecule has 0 radical (unpaired) electrons. The number of aromatic hydroxyl groups is 2. The highest BCUT2D eigenvalue weighted by Gasteiger charge is 2.58. The summed E-state index contributed by atoms with van der Waals surface area (Å²) in [6, 6.07) is 5.38. The molecule has 0 spiro atoms. The number of nitrogens with two attached hydrogens (primary N) is 1. The van der Waals surface area contributed by atoms with E-state index in [0.717, 1.165) is 10.6 Å². The highest BCUT2D eigenvalue weighted by molar-refractivity contribution is 7.09. The van der Waals surface area contributed by atoms with Crippen LogP contribution in [0.15, 0.2) is 35.6 Å². The van der Waals surface area contributed by atoms with Crippen molar-refractivity contribution >= 4 is 45.8 Å². The van der Waals surface area contributed by atoms with Crippen molar-refractivity contribution in [3.05, 3.63) is 57.8 Å². The molecule has 3 aromatic rings. The second-order valence-electron chi connectivity index (χ2n) is 13.0. The predicted octanol–water partition coefficient (Wildman–Crippen LogP) is 3.01. The third-order valence-electron chi connectivity index (χ3n) is 8.90. The maximum atomic E-state index is 14.3. The van der Waals surface area contributed by atoms with E-state index in [4.69, 9.17) is 10.5 Å². The molecule has 46 heavy (non-hydrogen) atoms. The average Bonchev–Trinajstić information content (AvgIpc) is 3.40. The zero-order chi connectivity index (χ0) is 33.5. The van der Waals surface area contributed by atoms with Gasteiger partial charge in [0.05, 0.1) is 33.1 Å². The Morgan fingerprint density at radius 2 is 1.80 bits per heavy atom. The molecule has 0 saturated carbocycles. The van der Waals surface area contributed by atoms with Gasteiger partial charge in [-0.3, -0.25) is 14.5 Å². The molecule has 242 valence electrons. The lowest BCUT2D eigenvalue weighted by Gasteiger charge is -2.53. The molecule has 2 aliphatic carbocycles. The number of rotatable bonds is 3. The van der Waals surface area contributed by atoms with Crippen LogP contribution < -0.4 is 5.73 Å². The third kappa shape index (κ3) is 4.79. The number of ketones is 1. The maximum Gasteiger partial charge on any atom is 0.410 e. The Kier molecular flexibility index (Phi) is 7.37. The number of fused-ring (bicyclic) bond motifs is 3. The van der Waals surface area contributed by atoms with E-state index >= 15 is 0 Å². The summed E-state index contributed by atoms with van der Waals surface area (Å²) in [5.41, 5.74) is 1.57. The summed E-state index contributed by atoms with van der Waals surface area (Å²) >= 11 is 1.23. The fourth-order valence-electron chi connectivity index (χ4n) is 6.85. The SMILES string of the molecule is Cc1cc(-c2ccc(O)c3c(O)c4c(cc23)C[C@H]2[C@@H](N3CCN(C(=O)OC(C)(C)C)CC3)C(O)=C(C(N)=O)C(=[N-])[C@@]2(O)C4=O)sn1. The van der Waals surface area contributed by atoms with E-state index in [2.05, 4.69) is 4.37 Å². The fourth-order valence-corrected chi connectivity index (χ4v) is 7.64. The van der Waals surface area contributed by atoms with Crippen LogP contribution >= 0.6 is 11.5 Å². The van der Waals surface area contributed by atoms with Gasteiger partial charge in [0.25, 0.3) is 5.91 Å². The van der Waals surface area contributed by atoms with Gasteiger partial charge in [-0.2, -0.15) is 4.37 Å². The maximum absolute atomic E-state index is 14.3. The molecular formula is C32H34N5O8S-. The van der Waals surface area contributed by atoms with Crippen molar-refractivity contribution < 1.29 is 39.5 Å². The first-order chi connectivity index (χ1) is 21.5. The number of carbonyl (C=O) groups excluding carboxylic acids is 3. The number of aliphatic hydroxyl groups excluding tert-OH is 1. The molecule has 14 heteroatoms. The van der Waals surface area contributed by atoms with E-state index in [-0.39, 0.29) is 49.3 Å². The van der Waals surface area contributed by atoms with Crippen molar-refractivity contribution in [2.24, 2.45) is 11.7 Å². The van der Waals surface area contributed by atoms with Crippen molar-refractivity contribution in [1.82, 2.24) is 14.2 Å². The molecule has 3 atom stereocenters. The minimum atomic E-state index is -2.76. The molecule has 1 aromatic heterocycles. The van der Waals surface area contributed by atoms with Crippen LogP contribution in [0.5, 0.6) is 11.5 Å². The lowest BCUT2D eigenvalue weighted by molar-refractivity contribution is -0.114. The Hall–Kier alpha value is -4.53. The van der Waals surface area contributed by atoms with E-state index in [0.29, 0.717) is 16.5 Å². The number of carbonyl (C=O) groups is 3. The van der Waals surface area contributed by atoms with Crippen LogP contribution in [0.25, 0.3) is 26.6 Å². The van der Waals surface area contributed by atoms with Crippen molar-refractivity contribution in [3.63, 3.8) is 0 Å². The second kappa shape index (κ2) is 10.8. The van der Waals surface area contributed by atoms with Crippen LogP contribution in [0.2, 0.25) is 0 Å². The molecule has 2 amide bonds. The fraction of sp³-hybridized carbons (Fsp3) is 0.406. The van der Waals surface area contributed by atoms with Crippen molar-refractivity contribution in [3.8, 4) is 21.9 Å². The zero-order valence-electron chi connectivity index (χ0n) is 25.7. The number of hydrogen-bond donors (Lipinski definition) is 5. The van der Waals surface area contributed by atoms with E-state index in [1.807, 2.05) is 13.0 Å². The number of phenols is 2. The first-order valence-corrected chi connectivity index (χ1v) is 15.5. The predicted molar refractivity (Wildman–Crippen MR) is 170 cm³/mol. The monoisotopic (exact) mass is 648 g/mol. The number of hydrogen-bond acceptors (Lipinski definition) is 11. The number of primary amides is 1. The quantitative estimate of drug-likeness (QED) is 0.280. The van der Waals surface area contributed by atoms with Gasteiger partial charge in [0, 0.05) is 37.7 Å². The number of amides is 2. The van der Waals surface area contributed by atoms with Gasteiger partial charge in [0.15, 0.2) is 0 Å². The molecule has 2 aromatic carbocycles. The smallest absolute Gasteiger partial charge is 0.410 e. The van der Waals surface area contributed by atoms with Gasteiger partial charge >= 0.3 is 6.09 Å². The number of aliphatic hydroxyl groups is 2. The van der Waals surface area contributed by atoms with E-state index in [1.165, 1.54) is 22.5 Å². The highest BCUT2D eigenvalue weighted by Crippen LogP contribution is 2.50. The molecular weight excluding hydrogens is 614 g/mol. The first-order valence-electron chi connectivity index (χ1n) is 14.8. The number of piperazine rings is 1. The van der Waals surface area contributed by atoms with Crippen LogP contribution in [-0.4, -0.2) is 102 Å². The summed E-state index contributed by atoms with van der Waals surface area (Å²) in [7, 11) is 0. The average molecular weight is 649 g/mol. The van der Waals surface area contributed by atoms with Crippen molar-refractivity contribution in [2.45, 2.75) is 51.4 Å². The third-order valence-corrected chi connectivity index (χ3v) is 9.81. The topological polar surface area (TPSA) is 209 Å². The Bertz CT molecular complexity index is 1870. The lowest BCUT2D eigenvalue weighted by Crippen LogP contribution is -2.67. The molecule has 6 N–H and O–H groups in total. The Morgan fingerprint density at radius 3 is 2.39 bits per heavy atom. The number of benzene rings is 2. The van der Waals surface area contributed by atoms with Crippen LogP contribution in [0, 0.1) is 12.8 Å². The molecule has 1 aliphatic heterocycles. The minimum Gasteiger partial charge on any atom is -0.804 e. The van der Waals surface area contributed by atoms with E-state index in [1.54, 1.807) is 37.8 Å². The van der Waals surface area contributed by atoms with Crippen molar-refractivity contribution in [2.75, 3.05) is 26.2 Å². The van der Waals surface area contributed by atoms with Crippen molar-refractivity contribution in [1.29, 1.82) is 0 Å². The van der Waals surface area contributed by atoms with Gasteiger partial charge in [-0.15, -0.1) is 5.71 Å². The van der Waals surface area contributed by atoms with Gasteiger partial charge in [0.2, 0.25) is 5.78 Å². The van der Waals surface area contributed by atoms with E-state index in [9.17, 15) is 40.2 Å². The molecule has 3 aliphatic rings. The molecule has 0 bridgehead atoms. The normalized spacial score (nSPS) is 23.8. The van der Waals surface area contributed by atoms with Gasteiger partial charge in [-0.25, -0.2) is 4.79 Å². The number of ether oxygens (including phenoxy) is 1. The zero-order valence-corrected chi connectivity index (χ0v) is 26.5. The van der Waals surface area contributed by atoms with Gasteiger partial charge in [0.1, 0.15) is 28.5 Å². The summed E-state index contributed by atoms with van der Waals surface area (Å²) in [6.45, 7) is 7.78. The summed E-state index contributed by atoms with van der Waals surface area (Å²) in [4.78, 5) is 43.5.